The zero-order chi connectivity index (χ0) is 22.4. The van der Waals surface area contributed by atoms with Gasteiger partial charge in [-0.3, -0.25) is 20.2 Å². The number of aromatic hydroxyl groups is 1. The molecule has 7 nitrogen and oxygen atoms in total. The number of hydrogen-bond acceptors (Lipinski definition) is 5. The van der Waals surface area contributed by atoms with Crippen LogP contribution in [0.1, 0.15) is 16.7 Å². The van der Waals surface area contributed by atoms with Crippen LogP contribution in [0.25, 0.3) is 6.08 Å². The van der Waals surface area contributed by atoms with E-state index in [0.717, 1.165) is 24.3 Å². The average Bonchev–Trinajstić information content (AvgIpc) is 2.59. The number of rotatable bonds is 3. The number of benzene rings is 2. The predicted octanol–water partition coefficient (Wildman–Crippen LogP) is 5.27. The molecular weight excluding hydrogens is 414 g/mol. The van der Waals surface area contributed by atoms with Crippen LogP contribution >= 0.6 is 0 Å². The van der Waals surface area contributed by atoms with Crippen LogP contribution in [0.2, 0.25) is 0 Å². The van der Waals surface area contributed by atoms with Gasteiger partial charge < -0.3 is 5.11 Å². The molecule has 0 heterocycles. The number of halogens is 6. The second-order valence-electron chi connectivity index (χ2n) is 5.18. The molecule has 29 heavy (non-hydrogen) atoms. The van der Waals surface area contributed by atoms with Crippen LogP contribution in [-0.2, 0) is 12.4 Å². The number of hydrogen-bond donors (Lipinski definition) is 1. The molecule has 0 aliphatic rings. The lowest BCUT2D eigenvalue weighted by Crippen LogP contribution is -2.08. The molecule has 0 aliphatic carbocycles. The summed E-state index contributed by atoms with van der Waals surface area (Å²) in [5.41, 5.74) is -3.22. The highest BCUT2D eigenvalue weighted by atomic mass is 19.4. The number of nitro benzene ring substituents is 1. The predicted molar refractivity (Wildman–Crippen MR) is 87.2 cm³/mol. The second-order valence-corrected chi connectivity index (χ2v) is 5.18. The zero-order valence-electron chi connectivity index (χ0n) is 13.9. The van der Waals surface area contributed by atoms with Crippen molar-refractivity contribution in [2.75, 3.05) is 0 Å². The molecule has 2 aromatic carbocycles. The van der Waals surface area contributed by atoms with Gasteiger partial charge in [0.05, 0.1) is 15.4 Å². The summed E-state index contributed by atoms with van der Waals surface area (Å²) in [4.78, 5) is 18.3. The Morgan fingerprint density at radius 2 is 1.52 bits per heavy atom. The van der Waals surface area contributed by atoms with Gasteiger partial charge in [-0.25, -0.2) is 0 Å². The van der Waals surface area contributed by atoms with Crippen LogP contribution in [0.5, 0.6) is 5.75 Å². The van der Waals surface area contributed by atoms with E-state index >= 15 is 0 Å². The van der Waals surface area contributed by atoms with Gasteiger partial charge in [0.1, 0.15) is 11.3 Å². The monoisotopic (exact) mass is 424 g/mol. The third-order valence-corrected chi connectivity index (χ3v) is 3.08. The van der Waals surface area contributed by atoms with E-state index < -0.39 is 44.8 Å². The van der Waals surface area contributed by atoms with E-state index in [9.17, 15) is 46.6 Å². The highest BCUT2D eigenvalue weighted by Crippen LogP contribution is 2.37. The van der Waals surface area contributed by atoms with Crippen molar-refractivity contribution in [2.24, 2.45) is 0 Å². The van der Waals surface area contributed by atoms with Crippen molar-refractivity contribution in [1.82, 2.24) is 0 Å². The summed E-state index contributed by atoms with van der Waals surface area (Å²) in [7, 11) is 0. The minimum Gasteiger partial charge on any atom is -0.508 e. The van der Waals surface area contributed by atoms with Gasteiger partial charge in [0.25, 0.3) is 5.69 Å². The summed E-state index contributed by atoms with van der Waals surface area (Å²) in [5, 5.41) is 28.9. The summed E-state index contributed by atoms with van der Waals surface area (Å²) >= 11 is 0. The first-order valence-corrected chi connectivity index (χ1v) is 7.25. The van der Waals surface area contributed by atoms with E-state index in [2.05, 4.69) is 0 Å². The molecular formula is C16H10F6N2O5. The lowest BCUT2D eigenvalue weighted by Gasteiger charge is -2.06. The molecule has 0 amide bonds. The summed E-state index contributed by atoms with van der Waals surface area (Å²) in [6.45, 7) is 0. The van der Waals surface area contributed by atoms with Crippen molar-refractivity contribution in [3.8, 4) is 5.75 Å². The normalized spacial score (nSPS) is 11.7. The Hall–Kier alpha value is -3.64. The van der Waals surface area contributed by atoms with E-state index in [1.54, 1.807) is 0 Å². The van der Waals surface area contributed by atoms with Crippen molar-refractivity contribution in [3.05, 3.63) is 85.6 Å². The van der Waals surface area contributed by atoms with Crippen LogP contribution in [0.15, 0.2) is 48.7 Å². The third kappa shape index (κ3) is 7.48. The molecule has 0 saturated carbocycles. The number of phenolic OH excluding ortho intramolecular Hbond substituents is 1. The van der Waals surface area contributed by atoms with Gasteiger partial charge in [-0.15, -0.1) is 0 Å². The largest absolute Gasteiger partial charge is 0.508 e. The highest BCUT2D eigenvalue weighted by molar-refractivity contribution is 5.49. The molecule has 0 fully saturated rings. The van der Waals surface area contributed by atoms with Crippen molar-refractivity contribution in [1.29, 1.82) is 0 Å². The standard InChI is InChI=1S/C9H6F3NO2.C7H4F3NO3/c10-9(11,12)8-3-1-2-7(6-8)4-5-13(14)15;8-7(9,10)5-3-4(12)1-2-6(5)11(13)14/h1-6H;1-3,12H. The zero-order valence-corrected chi connectivity index (χ0v) is 13.9. The van der Waals surface area contributed by atoms with Gasteiger partial charge in [0, 0.05) is 12.1 Å². The Balaban J connectivity index is 0.000000291. The average molecular weight is 424 g/mol. The van der Waals surface area contributed by atoms with Gasteiger partial charge in [-0.05, 0) is 29.8 Å². The molecule has 0 atom stereocenters. The maximum Gasteiger partial charge on any atom is 0.423 e. The summed E-state index contributed by atoms with van der Waals surface area (Å²) in [5.74, 6) is -0.664. The van der Waals surface area contributed by atoms with Crippen molar-refractivity contribution >= 4 is 11.8 Å². The van der Waals surface area contributed by atoms with Crippen LogP contribution in [-0.4, -0.2) is 15.0 Å². The molecule has 0 saturated heterocycles. The molecule has 1 N–H and O–H groups in total. The Labute approximate surface area is 157 Å². The minimum absolute atomic E-state index is 0.140. The molecule has 156 valence electrons. The van der Waals surface area contributed by atoms with E-state index in [1.165, 1.54) is 12.1 Å². The lowest BCUT2D eigenvalue weighted by molar-refractivity contribution is -0.400. The number of phenols is 1. The molecule has 2 aromatic rings. The van der Waals surface area contributed by atoms with Crippen LogP contribution < -0.4 is 0 Å². The molecule has 0 aliphatic heterocycles. The van der Waals surface area contributed by atoms with Crippen LogP contribution in [0.4, 0.5) is 32.0 Å². The van der Waals surface area contributed by atoms with E-state index in [0.29, 0.717) is 18.3 Å². The number of nitro groups is 2. The van der Waals surface area contributed by atoms with E-state index in [1.807, 2.05) is 0 Å². The summed E-state index contributed by atoms with van der Waals surface area (Å²) in [6, 6.07) is 6.06. The number of nitrogens with zero attached hydrogens (tertiary/aromatic N) is 2. The van der Waals surface area contributed by atoms with E-state index in [4.69, 9.17) is 5.11 Å². The Kier molecular flexibility index (Phi) is 7.29. The number of alkyl halides is 6. The SMILES string of the molecule is O=[N+]([O-])C=Cc1cccc(C(F)(F)F)c1.O=[N+]([O-])c1ccc(O)cc1C(F)(F)F. The van der Waals surface area contributed by atoms with Gasteiger partial charge in [-0.2, -0.15) is 26.3 Å². The molecule has 2 rings (SSSR count). The molecule has 0 unspecified atom stereocenters. The molecule has 13 heteroatoms. The fourth-order valence-corrected chi connectivity index (χ4v) is 1.88. The first-order chi connectivity index (χ1) is 13.2. The van der Waals surface area contributed by atoms with Gasteiger partial charge in [-0.1, -0.05) is 12.1 Å². The summed E-state index contributed by atoms with van der Waals surface area (Å²) in [6.07, 6.45) is -7.68. The molecule has 0 spiro atoms. The smallest absolute Gasteiger partial charge is 0.423 e. The van der Waals surface area contributed by atoms with E-state index in [-0.39, 0.29) is 5.56 Å². The topological polar surface area (TPSA) is 107 Å². The summed E-state index contributed by atoms with van der Waals surface area (Å²) < 4.78 is 73.1. The van der Waals surface area contributed by atoms with Gasteiger partial charge in [0.2, 0.25) is 6.20 Å². The van der Waals surface area contributed by atoms with Crippen molar-refractivity contribution in [2.45, 2.75) is 12.4 Å². The molecule has 0 bridgehead atoms. The van der Waals surface area contributed by atoms with Gasteiger partial charge >= 0.3 is 12.4 Å². The Morgan fingerprint density at radius 3 is 2.00 bits per heavy atom. The maximum absolute atomic E-state index is 12.2. The molecule has 0 radical (unpaired) electrons. The lowest BCUT2D eigenvalue weighted by atomic mass is 10.1. The first kappa shape index (κ1) is 23.4. The van der Waals surface area contributed by atoms with Crippen LogP contribution in [0.3, 0.4) is 0 Å². The quantitative estimate of drug-likeness (QED) is 0.410. The Morgan fingerprint density at radius 1 is 0.897 bits per heavy atom. The Bertz CT molecular complexity index is 925. The van der Waals surface area contributed by atoms with Crippen molar-refractivity contribution < 1.29 is 41.3 Å². The second kappa shape index (κ2) is 9.03. The fourth-order valence-electron chi connectivity index (χ4n) is 1.88. The fraction of sp³-hybridized carbons (Fsp3) is 0.125. The molecule has 0 aromatic heterocycles. The van der Waals surface area contributed by atoms with Crippen LogP contribution in [0, 0.1) is 20.2 Å². The maximum atomic E-state index is 12.2. The third-order valence-electron chi connectivity index (χ3n) is 3.08. The first-order valence-electron chi connectivity index (χ1n) is 7.25. The minimum atomic E-state index is -4.85. The van der Waals surface area contributed by atoms with Gasteiger partial charge in [0.15, 0.2) is 0 Å². The highest BCUT2D eigenvalue weighted by Gasteiger charge is 2.38. The van der Waals surface area contributed by atoms with Crippen molar-refractivity contribution in [3.63, 3.8) is 0 Å².